The Morgan fingerprint density at radius 1 is 0.929 bits per heavy atom. The van der Waals surface area contributed by atoms with Gasteiger partial charge in [-0.1, -0.05) is 73.3 Å². The largest absolute Gasteiger partial charge is 0.372 e. The number of amides is 2. The molecule has 0 unspecified atom stereocenters. The fourth-order valence-electron chi connectivity index (χ4n) is 4.28. The topological polar surface area (TPSA) is 46.6 Å². The molecule has 1 aromatic carbocycles. The van der Waals surface area contributed by atoms with Gasteiger partial charge >= 0.3 is 0 Å². The molecule has 0 aliphatic carbocycles. The maximum absolute atomic E-state index is 13.3. The van der Waals surface area contributed by atoms with Crippen LogP contribution in [0.4, 0.5) is 0 Å². The minimum atomic E-state index is -0.526. The van der Waals surface area contributed by atoms with Crippen LogP contribution in [0.15, 0.2) is 12.7 Å². The highest BCUT2D eigenvalue weighted by Crippen LogP contribution is 2.47. The molecule has 1 saturated heterocycles. The third kappa shape index (κ3) is 3.18. The number of carbonyl (C=O) groups excluding carboxylic acids is 2. The van der Waals surface area contributed by atoms with Crippen molar-refractivity contribution >= 4 is 58.2 Å². The van der Waals surface area contributed by atoms with Gasteiger partial charge in [0.15, 0.2) is 0 Å². The van der Waals surface area contributed by atoms with Crippen LogP contribution in [-0.4, -0.2) is 35.0 Å². The fourth-order valence-corrected chi connectivity index (χ4v) is 5.30. The molecule has 0 aromatic heterocycles. The molecule has 0 N–H and O–H groups in total. The van der Waals surface area contributed by atoms with E-state index in [1.807, 2.05) is 6.92 Å². The van der Waals surface area contributed by atoms with Crippen molar-refractivity contribution in [1.29, 1.82) is 0 Å². The van der Waals surface area contributed by atoms with Crippen molar-refractivity contribution < 1.29 is 14.3 Å². The molecule has 0 bridgehead atoms. The third-order valence-electron chi connectivity index (χ3n) is 5.92. The van der Waals surface area contributed by atoms with Gasteiger partial charge in [-0.05, 0) is 24.7 Å². The van der Waals surface area contributed by atoms with Gasteiger partial charge in [-0.15, -0.1) is 6.58 Å². The van der Waals surface area contributed by atoms with E-state index in [1.165, 1.54) is 4.90 Å². The molecule has 1 aromatic rings. The van der Waals surface area contributed by atoms with Crippen molar-refractivity contribution in [3.63, 3.8) is 0 Å². The zero-order valence-corrected chi connectivity index (χ0v) is 18.8. The average Bonchev–Trinajstić information content (AvgIpc) is 2.92. The van der Waals surface area contributed by atoms with Crippen LogP contribution in [0.3, 0.4) is 0 Å². The summed E-state index contributed by atoms with van der Waals surface area (Å²) in [7, 11) is 0. The highest BCUT2D eigenvalue weighted by atomic mass is 35.5. The van der Waals surface area contributed by atoms with Crippen molar-refractivity contribution in [1.82, 2.24) is 4.90 Å². The van der Waals surface area contributed by atoms with E-state index >= 15 is 0 Å². The number of rotatable bonds is 4. The summed E-state index contributed by atoms with van der Waals surface area (Å²) in [5.74, 6) is -0.892. The van der Waals surface area contributed by atoms with Crippen LogP contribution < -0.4 is 0 Å². The lowest BCUT2D eigenvalue weighted by atomic mass is 9.77. The smallest absolute Gasteiger partial charge is 0.263 e. The highest BCUT2D eigenvalue weighted by molar-refractivity contribution is 6.55. The van der Waals surface area contributed by atoms with Crippen molar-refractivity contribution in [2.24, 2.45) is 11.8 Å². The summed E-state index contributed by atoms with van der Waals surface area (Å²) in [5, 5.41) is -0.192. The standard InChI is InChI=1S/C20H21Cl4NO3/c1-5-7-11-18(9(4)8(3)10(6-2)28-11)25-19(26)12-13(20(25)27)15(22)17(24)16(23)14(12)21/h5,8-11,18H,1,6-7H2,2-4H3/t8-,9+,10-,11+,18-/m1/s1. The lowest BCUT2D eigenvalue weighted by molar-refractivity contribution is -0.135. The molecular weight excluding hydrogens is 444 g/mol. The monoisotopic (exact) mass is 463 g/mol. The lowest BCUT2D eigenvalue weighted by Gasteiger charge is -2.47. The normalized spacial score (nSPS) is 30.0. The second-order valence-electron chi connectivity index (χ2n) is 7.34. The number of carbonyl (C=O) groups is 2. The molecule has 8 heteroatoms. The molecule has 3 rings (SSSR count). The van der Waals surface area contributed by atoms with E-state index in [0.717, 1.165) is 6.42 Å². The number of hydrogen-bond acceptors (Lipinski definition) is 3. The first-order valence-electron chi connectivity index (χ1n) is 9.17. The van der Waals surface area contributed by atoms with Crippen molar-refractivity contribution in [3.05, 3.63) is 43.9 Å². The zero-order chi connectivity index (χ0) is 20.9. The van der Waals surface area contributed by atoms with Crippen molar-refractivity contribution in [2.75, 3.05) is 0 Å². The van der Waals surface area contributed by atoms with E-state index in [9.17, 15) is 9.59 Å². The molecule has 2 amide bonds. The Morgan fingerprint density at radius 3 is 1.86 bits per heavy atom. The summed E-state index contributed by atoms with van der Waals surface area (Å²) in [6.07, 6.45) is 2.77. The summed E-state index contributed by atoms with van der Waals surface area (Å²) in [6.45, 7) is 9.96. The predicted molar refractivity (Wildman–Crippen MR) is 113 cm³/mol. The summed E-state index contributed by atoms with van der Waals surface area (Å²) in [6, 6.07) is -0.479. The number of fused-ring (bicyclic) bond motifs is 1. The summed E-state index contributed by atoms with van der Waals surface area (Å²) >= 11 is 24.8. The molecule has 1 fully saturated rings. The number of imide groups is 1. The Bertz CT molecular complexity index is 810. The van der Waals surface area contributed by atoms with Gasteiger partial charge in [0.05, 0.1) is 49.5 Å². The Morgan fingerprint density at radius 2 is 1.43 bits per heavy atom. The van der Waals surface area contributed by atoms with E-state index < -0.39 is 17.9 Å². The van der Waals surface area contributed by atoms with Gasteiger partial charge in [-0.2, -0.15) is 0 Å². The summed E-state index contributed by atoms with van der Waals surface area (Å²) in [5.41, 5.74) is 0.00164. The molecule has 4 nitrogen and oxygen atoms in total. The van der Waals surface area contributed by atoms with Crippen molar-refractivity contribution in [3.8, 4) is 0 Å². The van der Waals surface area contributed by atoms with Crippen LogP contribution in [0.1, 0.15) is 54.3 Å². The van der Waals surface area contributed by atoms with Crippen molar-refractivity contribution in [2.45, 2.75) is 51.9 Å². The molecule has 0 saturated carbocycles. The number of halogens is 4. The van der Waals surface area contributed by atoms with E-state index in [2.05, 4.69) is 20.4 Å². The number of benzene rings is 1. The molecule has 0 spiro atoms. The second-order valence-corrected chi connectivity index (χ2v) is 8.85. The van der Waals surface area contributed by atoms with E-state index in [4.69, 9.17) is 51.1 Å². The third-order valence-corrected chi connectivity index (χ3v) is 7.72. The molecule has 0 radical (unpaired) electrons. The van der Waals surface area contributed by atoms with E-state index in [0.29, 0.717) is 6.42 Å². The van der Waals surface area contributed by atoms with Crippen LogP contribution in [0.5, 0.6) is 0 Å². The Balaban J connectivity index is 2.11. The van der Waals surface area contributed by atoms with Gasteiger partial charge in [0, 0.05) is 0 Å². The summed E-state index contributed by atoms with van der Waals surface area (Å²) in [4.78, 5) is 27.8. The highest BCUT2D eigenvalue weighted by Gasteiger charge is 2.51. The van der Waals surface area contributed by atoms with Crippen LogP contribution in [0, 0.1) is 11.8 Å². The minimum absolute atomic E-state index is 0.000822. The van der Waals surface area contributed by atoms with Crippen LogP contribution in [0.25, 0.3) is 0 Å². The van der Waals surface area contributed by atoms with Crippen LogP contribution >= 0.6 is 46.4 Å². The fraction of sp³-hybridized carbons (Fsp3) is 0.500. The SMILES string of the molecule is C=CC[C@@H]1O[C@H](CC)[C@H](C)[C@H](C)[C@H]1N1C(=O)c2c(Cl)c(Cl)c(Cl)c(Cl)c2C1=O. The maximum atomic E-state index is 13.3. The van der Waals surface area contributed by atoms with Crippen LogP contribution in [0.2, 0.25) is 20.1 Å². The number of hydrogen-bond donors (Lipinski definition) is 0. The van der Waals surface area contributed by atoms with Gasteiger partial charge in [0.2, 0.25) is 0 Å². The predicted octanol–water partition coefficient (Wildman–Crippen LogP) is 6.29. The average molecular weight is 465 g/mol. The first kappa shape index (κ1) is 21.9. The Labute approximate surface area is 184 Å². The van der Waals surface area contributed by atoms with Gasteiger partial charge in [0.25, 0.3) is 11.8 Å². The number of nitrogens with zero attached hydrogens (tertiary/aromatic N) is 1. The van der Waals surface area contributed by atoms with Gasteiger partial charge in [0.1, 0.15) is 0 Å². The molecule has 152 valence electrons. The summed E-state index contributed by atoms with van der Waals surface area (Å²) < 4.78 is 6.25. The lowest BCUT2D eigenvalue weighted by Crippen LogP contribution is -2.58. The first-order chi connectivity index (χ1) is 13.2. The second kappa shape index (κ2) is 8.16. The molecule has 5 atom stereocenters. The van der Waals surface area contributed by atoms with Gasteiger partial charge in [-0.25, -0.2) is 0 Å². The van der Waals surface area contributed by atoms with E-state index in [-0.39, 0.29) is 55.3 Å². The Kier molecular flexibility index (Phi) is 6.38. The van der Waals surface area contributed by atoms with Gasteiger partial charge < -0.3 is 4.74 Å². The Hall–Kier alpha value is -0.780. The van der Waals surface area contributed by atoms with Gasteiger partial charge in [-0.3, -0.25) is 14.5 Å². The molecule has 2 heterocycles. The quantitative estimate of drug-likeness (QED) is 0.227. The van der Waals surface area contributed by atoms with E-state index in [1.54, 1.807) is 6.08 Å². The molecule has 2 aliphatic heterocycles. The number of ether oxygens (including phenoxy) is 1. The molecule has 2 aliphatic rings. The maximum Gasteiger partial charge on any atom is 0.263 e. The molecule has 28 heavy (non-hydrogen) atoms. The first-order valence-corrected chi connectivity index (χ1v) is 10.7. The van der Waals surface area contributed by atoms with Crippen LogP contribution in [-0.2, 0) is 4.74 Å². The minimum Gasteiger partial charge on any atom is -0.372 e. The zero-order valence-electron chi connectivity index (χ0n) is 15.8. The molecular formula is C20H21Cl4NO3.